The molecule has 0 aliphatic heterocycles. The van der Waals surface area contributed by atoms with Gasteiger partial charge in [-0.1, -0.05) is 19.1 Å². The number of rotatable bonds is 8. The molecule has 26 heavy (non-hydrogen) atoms. The van der Waals surface area contributed by atoms with Crippen molar-refractivity contribution in [3.63, 3.8) is 0 Å². The van der Waals surface area contributed by atoms with Crippen LogP contribution in [0.15, 0.2) is 24.3 Å². The molecule has 0 radical (unpaired) electrons. The van der Waals surface area contributed by atoms with Gasteiger partial charge in [0.15, 0.2) is 5.92 Å². The molecule has 9 heteroatoms. The fourth-order valence-corrected chi connectivity index (χ4v) is 2.45. The number of hydrogen-bond acceptors (Lipinski definition) is 6. The number of carbonyl (C=O) groups is 4. The Hall–Kier alpha value is -2.97. The van der Waals surface area contributed by atoms with E-state index in [0.717, 1.165) is 20.3 Å². The number of halogens is 1. The summed E-state index contributed by atoms with van der Waals surface area (Å²) >= 11 is 0. The van der Waals surface area contributed by atoms with Gasteiger partial charge in [-0.05, 0) is 17.7 Å². The number of hydrogen-bond donors (Lipinski definition) is 2. The van der Waals surface area contributed by atoms with Crippen LogP contribution in [0.2, 0.25) is 0 Å². The maximum absolute atomic E-state index is 13.2. The lowest BCUT2D eigenvalue weighted by atomic mass is 9.87. The van der Waals surface area contributed by atoms with E-state index in [1.165, 1.54) is 25.1 Å². The average Bonchev–Trinajstić information content (AvgIpc) is 2.58. The molecule has 0 heterocycles. The number of carboxylic acid groups (broad SMARTS) is 1. The summed E-state index contributed by atoms with van der Waals surface area (Å²) in [5, 5.41) is 11.6. The van der Waals surface area contributed by atoms with Crippen LogP contribution in [0, 0.1) is 17.7 Å². The first-order valence-corrected chi connectivity index (χ1v) is 7.63. The van der Waals surface area contributed by atoms with Crippen LogP contribution < -0.4 is 5.32 Å². The van der Waals surface area contributed by atoms with Crippen molar-refractivity contribution in [2.24, 2.45) is 11.8 Å². The van der Waals surface area contributed by atoms with Crippen LogP contribution in [-0.4, -0.2) is 49.2 Å². The molecule has 0 fully saturated rings. The third kappa shape index (κ3) is 5.54. The summed E-state index contributed by atoms with van der Waals surface area (Å²) in [4.78, 5) is 47.3. The van der Waals surface area contributed by atoms with E-state index in [1.54, 1.807) is 0 Å². The molecule has 0 aromatic heterocycles. The summed E-state index contributed by atoms with van der Waals surface area (Å²) in [6.07, 6.45) is -0.268. The minimum Gasteiger partial charge on any atom is -0.480 e. The van der Waals surface area contributed by atoms with Crippen molar-refractivity contribution >= 4 is 23.8 Å². The normalized spacial score (nSPS) is 12.8. The minimum absolute atomic E-state index is 0.268. The molecule has 0 spiro atoms. The lowest BCUT2D eigenvalue weighted by Gasteiger charge is -2.26. The van der Waals surface area contributed by atoms with Crippen molar-refractivity contribution in [3.05, 3.63) is 35.6 Å². The Morgan fingerprint density at radius 3 is 2.19 bits per heavy atom. The van der Waals surface area contributed by atoms with Gasteiger partial charge in [0.2, 0.25) is 5.91 Å². The lowest BCUT2D eigenvalue weighted by molar-refractivity contribution is -0.163. The highest BCUT2D eigenvalue weighted by atomic mass is 19.1. The SMILES string of the molecule is COC(=O)C(C(=O)OC)[C@@H](C)[C@@H](NC(=O)Cc1cccc(F)c1)C(=O)O. The number of carbonyl (C=O) groups excluding carboxylic acids is 3. The first kappa shape index (κ1) is 21.1. The van der Waals surface area contributed by atoms with E-state index in [2.05, 4.69) is 14.8 Å². The molecule has 0 unspecified atom stereocenters. The van der Waals surface area contributed by atoms with Gasteiger partial charge >= 0.3 is 17.9 Å². The number of carboxylic acids is 1. The second kappa shape index (κ2) is 9.50. The first-order valence-electron chi connectivity index (χ1n) is 7.63. The van der Waals surface area contributed by atoms with Gasteiger partial charge in [-0.2, -0.15) is 0 Å². The van der Waals surface area contributed by atoms with E-state index >= 15 is 0 Å². The maximum Gasteiger partial charge on any atom is 0.326 e. The average molecular weight is 369 g/mol. The molecule has 1 aromatic rings. The first-order chi connectivity index (χ1) is 12.2. The number of ether oxygens (including phenoxy) is 2. The van der Waals surface area contributed by atoms with Gasteiger partial charge in [0.05, 0.1) is 20.6 Å². The molecular formula is C17H20FNO7. The fourth-order valence-electron chi connectivity index (χ4n) is 2.45. The standard InChI is InChI=1S/C17H20FNO7/c1-9(13(16(23)25-2)17(24)26-3)14(15(21)22)19-12(20)8-10-5-4-6-11(18)7-10/h4-7,9,13-14H,8H2,1-3H3,(H,19,20)(H,21,22)/t9-,14-/m1/s1. The second-order valence-electron chi connectivity index (χ2n) is 5.57. The Kier molecular flexibility index (Phi) is 7.70. The van der Waals surface area contributed by atoms with Gasteiger partial charge in [-0.15, -0.1) is 0 Å². The van der Waals surface area contributed by atoms with Gasteiger partial charge in [0, 0.05) is 5.92 Å². The molecule has 0 saturated carbocycles. The predicted octanol–water partition coefficient (Wildman–Crippen LogP) is 0.536. The summed E-state index contributed by atoms with van der Waals surface area (Å²) in [5.74, 6) is -7.31. The van der Waals surface area contributed by atoms with Crippen molar-refractivity contribution in [1.82, 2.24) is 5.32 Å². The van der Waals surface area contributed by atoms with Crippen LogP contribution in [0.1, 0.15) is 12.5 Å². The Bertz CT molecular complexity index is 675. The van der Waals surface area contributed by atoms with Gasteiger partial charge in [0.1, 0.15) is 11.9 Å². The largest absolute Gasteiger partial charge is 0.480 e. The third-order valence-electron chi connectivity index (χ3n) is 3.80. The van der Waals surface area contributed by atoms with E-state index in [4.69, 9.17) is 0 Å². The Balaban J connectivity index is 2.95. The highest BCUT2D eigenvalue weighted by Gasteiger charge is 2.41. The Labute approximate surface area is 149 Å². The number of amides is 1. The van der Waals surface area contributed by atoms with Crippen LogP contribution >= 0.6 is 0 Å². The molecule has 0 aliphatic rings. The number of nitrogens with one attached hydrogen (secondary N) is 1. The topological polar surface area (TPSA) is 119 Å². The quantitative estimate of drug-likeness (QED) is 0.507. The second-order valence-corrected chi connectivity index (χ2v) is 5.57. The van der Waals surface area contributed by atoms with Crippen LogP contribution in [0.25, 0.3) is 0 Å². The molecule has 0 saturated heterocycles. The third-order valence-corrected chi connectivity index (χ3v) is 3.80. The molecule has 0 bridgehead atoms. The zero-order valence-corrected chi connectivity index (χ0v) is 14.5. The maximum atomic E-state index is 13.2. The number of esters is 2. The van der Waals surface area contributed by atoms with Crippen molar-refractivity contribution in [2.45, 2.75) is 19.4 Å². The smallest absolute Gasteiger partial charge is 0.326 e. The van der Waals surface area contributed by atoms with Gasteiger partial charge < -0.3 is 19.9 Å². The van der Waals surface area contributed by atoms with Gasteiger partial charge in [-0.3, -0.25) is 14.4 Å². The highest BCUT2D eigenvalue weighted by molar-refractivity contribution is 5.96. The Morgan fingerprint density at radius 1 is 1.15 bits per heavy atom. The van der Waals surface area contributed by atoms with E-state index in [-0.39, 0.29) is 6.42 Å². The molecule has 1 rings (SSSR count). The van der Waals surface area contributed by atoms with Crippen LogP contribution in [0.3, 0.4) is 0 Å². The molecule has 2 atom stereocenters. The molecule has 2 N–H and O–H groups in total. The zero-order chi connectivity index (χ0) is 19.9. The summed E-state index contributed by atoms with van der Waals surface area (Å²) < 4.78 is 22.2. The van der Waals surface area contributed by atoms with Crippen molar-refractivity contribution < 1.29 is 38.1 Å². The van der Waals surface area contributed by atoms with Crippen LogP contribution in [0.4, 0.5) is 4.39 Å². The summed E-state index contributed by atoms with van der Waals surface area (Å²) in [5.41, 5.74) is 0.344. The van der Waals surface area contributed by atoms with Crippen molar-refractivity contribution in [1.29, 1.82) is 0 Å². The fraction of sp³-hybridized carbons (Fsp3) is 0.412. The molecule has 1 aromatic carbocycles. The van der Waals surface area contributed by atoms with Crippen LogP contribution in [0.5, 0.6) is 0 Å². The number of benzene rings is 1. The number of methoxy groups -OCH3 is 2. The summed E-state index contributed by atoms with van der Waals surface area (Å²) in [7, 11) is 2.09. The monoisotopic (exact) mass is 369 g/mol. The van der Waals surface area contributed by atoms with Crippen molar-refractivity contribution in [3.8, 4) is 0 Å². The minimum atomic E-state index is -1.56. The van der Waals surface area contributed by atoms with E-state index in [9.17, 15) is 28.7 Å². The van der Waals surface area contributed by atoms with Crippen molar-refractivity contribution in [2.75, 3.05) is 14.2 Å². The molecular weight excluding hydrogens is 349 g/mol. The van der Waals surface area contributed by atoms with E-state index < -0.39 is 47.5 Å². The number of aliphatic carboxylic acids is 1. The molecule has 142 valence electrons. The summed E-state index contributed by atoms with van der Waals surface area (Å²) in [6, 6.07) is 3.72. The Morgan fingerprint density at radius 2 is 1.73 bits per heavy atom. The summed E-state index contributed by atoms with van der Waals surface area (Å²) in [6.45, 7) is 1.31. The van der Waals surface area contributed by atoms with Gasteiger partial charge in [-0.25, -0.2) is 9.18 Å². The highest BCUT2D eigenvalue weighted by Crippen LogP contribution is 2.20. The van der Waals surface area contributed by atoms with Crippen LogP contribution in [-0.2, 0) is 35.1 Å². The lowest BCUT2D eigenvalue weighted by Crippen LogP contribution is -2.50. The zero-order valence-electron chi connectivity index (χ0n) is 14.5. The molecule has 8 nitrogen and oxygen atoms in total. The van der Waals surface area contributed by atoms with E-state index in [1.807, 2.05) is 0 Å². The molecule has 1 amide bonds. The predicted molar refractivity (Wildman–Crippen MR) is 86.4 cm³/mol. The van der Waals surface area contributed by atoms with E-state index in [0.29, 0.717) is 5.56 Å². The molecule has 0 aliphatic carbocycles. The van der Waals surface area contributed by atoms with Gasteiger partial charge in [0.25, 0.3) is 0 Å².